The lowest BCUT2D eigenvalue weighted by Crippen LogP contribution is -2.21. The average molecular weight is 457 g/mol. The highest BCUT2D eigenvalue weighted by molar-refractivity contribution is 9.10. The molecule has 4 nitrogen and oxygen atoms in total. The van der Waals surface area contributed by atoms with Gasteiger partial charge in [-0.05, 0) is 73.0 Å². The summed E-state index contributed by atoms with van der Waals surface area (Å²) in [6, 6.07) is 15.0. The van der Waals surface area contributed by atoms with Crippen LogP contribution < -0.4 is 4.74 Å². The van der Waals surface area contributed by atoms with E-state index in [2.05, 4.69) is 57.1 Å². The van der Waals surface area contributed by atoms with Crippen molar-refractivity contribution in [2.75, 3.05) is 6.61 Å². The number of hydrogen-bond donors (Lipinski definition) is 0. The molecular weight excluding hydrogens is 428 g/mol. The molecule has 0 bridgehead atoms. The molecule has 5 heteroatoms. The summed E-state index contributed by atoms with van der Waals surface area (Å²) in [5.41, 5.74) is 2.24. The van der Waals surface area contributed by atoms with E-state index in [1.54, 1.807) is 0 Å². The molecule has 1 fully saturated rings. The number of halogens is 1. The molecule has 0 atom stereocenters. The molecule has 1 saturated carbocycles. The number of rotatable bonds is 7. The van der Waals surface area contributed by atoms with Crippen molar-refractivity contribution in [3.63, 3.8) is 0 Å². The van der Waals surface area contributed by atoms with Crippen molar-refractivity contribution in [3.05, 3.63) is 58.7 Å². The first-order valence-electron chi connectivity index (χ1n) is 10.5. The van der Waals surface area contributed by atoms with E-state index in [1.165, 1.54) is 18.4 Å². The molecule has 154 valence electrons. The molecule has 29 heavy (non-hydrogen) atoms. The Kier molecular flexibility index (Phi) is 6.56. The number of aromatic nitrogens is 2. The van der Waals surface area contributed by atoms with Crippen LogP contribution in [0.1, 0.15) is 51.1 Å². The highest BCUT2D eigenvalue weighted by Gasteiger charge is 2.23. The Balaban J connectivity index is 1.32. The Morgan fingerprint density at radius 2 is 1.86 bits per heavy atom. The van der Waals surface area contributed by atoms with E-state index in [-0.39, 0.29) is 6.10 Å². The fraction of sp³-hybridized carbons (Fsp3) is 0.458. The van der Waals surface area contributed by atoms with Crippen molar-refractivity contribution in [1.82, 2.24) is 9.78 Å². The van der Waals surface area contributed by atoms with Crippen LogP contribution in [0.15, 0.2) is 53.1 Å². The first kappa shape index (κ1) is 20.4. The minimum atomic E-state index is 0.144. The first-order chi connectivity index (χ1) is 14.1. The summed E-state index contributed by atoms with van der Waals surface area (Å²) in [6.45, 7) is 5.64. The largest absolute Gasteiger partial charge is 0.490 e. The van der Waals surface area contributed by atoms with Crippen LogP contribution in [0.2, 0.25) is 0 Å². The summed E-state index contributed by atoms with van der Waals surface area (Å²) in [4.78, 5) is 0. The Morgan fingerprint density at radius 1 is 1.10 bits per heavy atom. The third-order valence-corrected chi connectivity index (χ3v) is 6.21. The molecule has 3 aromatic rings. The van der Waals surface area contributed by atoms with Gasteiger partial charge in [0.05, 0.1) is 28.7 Å². The molecule has 0 spiro atoms. The Labute approximate surface area is 181 Å². The normalized spacial score (nSPS) is 19.7. The van der Waals surface area contributed by atoms with E-state index >= 15 is 0 Å². The van der Waals surface area contributed by atoms with Gasteiger partial charge in [-0.1, -0.05) is 30.3 Å². The van der Waals surface area contributed by atoms with Crippen molar-refractivity contribution < 1.29 is 9.47 Å². The molecule has 0 radical (unpaired) electrons. The van der Waals surface area contributed by atoms with Gasteiger partial charge in [0.1, 0.15) is 5.75 Å². The van der Waals surface area contributed by atoms with Gasteiger partial charge in [0.15, 0.2) is 0 Å². The van der Waals surface area contributed by atoms with Crippen LogP contribution >= 0.6 is 15.9 Å². The molecule has 4 rings (SSSR count). The molecule has 2 aromatic carbocycles. The van der Waals surface area contributed by atoms with Crippen LogP contribution in [0.4, 0.5) is 0 Å². The number of nitrogens with zero attached hydrogens (tertiary/aromatic N) is 2. The Hall–Kier alpha value is -1.85. The van der Waals surface area contributed by atoms with E-state index < -0.39 is 0 Å². The molecule has 0 aliphatic heterocycles. The van der Waals surface area contributed by atoms with Crippen molar-refractivity contribution in [1.29, 1.82) is 0 Å². The molecule has 0 amide bonds. The number of hydrogen-bond acceptors (Lipinski definition) is 3. The highest BCUT2D eigenvalue weighted by atomic mass is 79.9. The van der Waals surface area contributed by atoms with Crippen LogP contribution in [-0.4, -0.2) is 22.5 Å². The van der Waals surface area contributed by atoms with Gasteiger partial charge in [-0.25, -0.2) is 0 Å². The lowest BCUT2D eigenvalue weighted by Gasteiger charge is -2.28. The van der Waals surface area contributed by atoms with Crippen molar-refractivity contribution in [2.45, 2.75) is 58.3 Å². The van der Waals surface area contributed by atoms with E-state index in [9.17, 15) is 0 Å². The Bertz CT molecular complexity index is 931. The summed E-state index contributed by atoms with van der Waals surface area (Å²) in [5, 5.41) is 6.01. The maximum atomic E-state index is 5.96. The van der Waals surface area contributed by atoms with Gasteiger partial charge in [0.2, 0.25) is 0 Å². The molecule has 1 heterocycles. The summed E-state index contributed by atoms with van der Waals surface area (Å²) < 4.78 is 15.0. The fourth-order valence-electron chi connectivity index (χ4n) is 4.07. The lowest BCUT2D eigenvalue weighted by molar-refractivity contribution is 0.0671. The summed E-state index contributed by atoms with van der Waals surface area (Å²) >= 11 is 3.62. The summed E-state index contributed by atoms with van der Waals surface area (Å²) in [7, 11) is 0. The molecule has 0 unspecified atom stereocenters. The number of ether oxygens (including phenoxy) is 2. The maximum Gasteiger partial charge on any atom is 0.136 e. The zero-order valence-corrected chi connectivity index (χ0v) is 18.8. The van der Waals surface area contributed by atoms with Crippen LogP contribution in [-0.2, 0) is 11.3 Å². The van der Waals surface area contributed by atoms with Gasteiger partial charge >= 0.3 is 0 Å². The molecule has 1 aromatic heterocycles. The number of fused-ring (bicyclic) bond motifs is 1. The predicted octanol–water partition coefficient (Wildman–Crippen LogP) is 6.53. The quantitative estimate of drug-likeness (QED) is 0.405. The predicted molar refractivity (Wildman–Crippen MR) is 120 cm³/mol. The monoisotopic (exact) mass is 456 g/mol. The fourth-order valence-corrected chi connectivity index (χ4v) is 4.52. The molecule has 0 N–H and O–H groups in total. The molecule has 1 aliphatic carbocycles. The summed E-state index contributed by atoms with van der Waals surface area (Å²) in [5.74, 6) is 1.51. The second kappa shape index (κ2) is 9.31. The van der Waals surface area contributed by atoms with Crippen LogP contribution in [0.25, 0.3) is 10.9 Å². The third-order valence-electron chi connectivity index (χ3n) is 5.59. The second-order valence-corrected chi connectivity index (χ2v) is 9.15. The SMILES string of the molecule is CC(C)Oc1cc2nn([C@H]3CC[C@H](COCc4ccccc4)CC3)cc2cc1Br. The zero-order valence-electron chi connectivity index (χ0n) is 17.2. The topological polar surface area (TPSA) is 36.3 Å². The maximum absolute atomic E-state index is 5.96. The zero-order chi connectivity index (χ0) is 20.2. The van der Waals surface area contributed by atoms with Gasteiger partial charge in [-0.15, -0.1) is 0 Å². The van der Waals surface area contributed by atoms with Crippen molar-refractivity contribution in [2.24, 2.45) is 5.92 Å². The van der Waals surface area contributed by atoms with Crippen LogP contribution in [0.3, 0.4) is 0 Å². The van der Waals surface area contributed by atoms with Gasteiger partial charge in [-0.3, -0.25) is 4.68 Å². The lowest BCUT2D eigenvalue weighted by atomic mass is 9.86. The van der Waals surface area contributed by atoms with Crippen LogP contribution in [0, 0.1) is 5.92 Å². The van der Waals surface area contributed by atoms with E-state index in [0.29, 0.717) is 18.6 Å². The molecule has 1 aliphatic rings. The third kappa shape index (κ3) is 5.20. The van der Waals surface area contributed by atoms with Crippen molar-refractivity contribution >= 4 is 26.8 Å². The minimum Gasteiger partial charge on any atom is -0.490 e. The molecule has 0 saturated heterocycles. The van der Waals surface area contributed by atoms with Crippen LogP contribution in [0.5, 0.6) is 5.75 Å². The van der Waals surface area contributed by atoms with Gasteiger partial charge in [-0.2, -0.15) is 5.10 Å². The van der Waals surface area contributed by atoms with Gasteiger partial charge in [0.25, 0.3) is 0 Å². The standard InChI is InChI=1S/C24H29BrN2O2/c1-17(2)29-24-13-23-20(12-22(24)25)14-27(26-23)21-10-8-19(9-11-21)16-28-15-18-6-4-3-5-7-18/h3-7,12-14,17,19,21H,8-11,15-16H2,1-2H3/t19-,21-. The Morgan fingerprint density at radius 3 is 2.59 bits per heavy atom. The van der Waals surface area contributed by atoms with Crippen molar-refractivity contribution in [3.8, 4) is 5.75 Å². The smallest absolute Gasteiger partial charge is 0.136 e. The summed E-state index contributed by atoms with van der Waals surface area (Å²) in [6.07, 6.45) is 7.02. The highest BCUT2D eigenvalue weighted by Crippen LogP contribution is 2.35. The molecular formula is C24H29BrN2O2. The van der Waals surface area contributed by atoms with E-state index in [1.807, 2.05) is 26.0 Å². The average Bonchev–Trinajstić information content (AvgIpc) is 3.12. The number of benzene rings is 2. The van der Waals surface area contributed by atoms with E-state index in [4.69, 9.17) is 14.6 Å². The first-order valence-corrected chi connectivity index (χ1v) is 11.3. The second-order valence-electron chi connectivity index (χ2n) is 8.29. The van der Waals surface area contributed by atoms with E-state index in [0.717, 1.165) is 40.6 Å². The van der Waals surface area contributed by atoms with Gasteiger partial charge < -0.3 is 9.47 Å². The van der Waals surface area contributed by atoms with Gasteiger partial charge in [0, 0.05) is 24.3 Å². The minimum absolute atomic E-state index is 0.144.